The molecule has 4 aliphatic carbocycles. The molecule has 66 valence electrons. The molecule has 6 rings (SSSR count). The Bertz CT molecular complexity index is 287. The van der Waals surface area contributed by atoms with Gasteiger partial charge in [0.05, 0.1) is 0 Å². The summed E-state index contributed by atoms with van der Waals surface area (Å²) in [6.45, 7) is 7.01. The van der Waals surface area contributed by atoms with Crippen molar-refractivity contribution in [2.45, 2.75) is 11.3 Å². The van der Waals surface area contributed by atoms with Gasteiger partial charge in [0.15, 0.2) is 0 Å². The van der Waals surface area contributed by atoms with Gasteiger partial charge in [0.25, 0.3) is 0 Å². The maximum atomic E-state index is 2.71. The van der Waals surface area contributed by atoms with Gasteiger partial charge in [-0.05, 0) is 0 Å². The van der Waals surface area contributed by atoms with Crippen LogP contribution in [0.4, 0.5) is 0 Å². The van der Waals surface area contributed by atoms with Crippen LogP contribution in [0.3, 0.4) is 0 Å². The van der Waals surface area contributed by atoms with Gasteiger partial charge in [0, 0.05) is 0 Å². The van der Waals surface area contributed by atoms with Crippen molar-refractivity contribution in [3.05, 3.63) is 0 Å². The van der Waals surface area contributed by atoms with Crippen LogP contribution in [0.5, 0.6) is 0 Å². The van der Waals surface area contributed by atoms with E-state index in [1.54, 1.807) is 0 Å². The van der Waals surface area contributed by atoms with Crippen molar-refractivity contribution in [3.8, 4) is 0 Å². The minimum atomic E-state index is -1.11. The van der Waals surface area contributed by atoms with E-state index in [4.69, 9.17) is 0 Å². The van der Waals surface area contributed by atoms with Gasteiger partial charge in [-0.15, -0.1) is 0 Å². The molecule has 4 atom stereocenters. The second kappa shape index (κ2) is 1.05. The van der Waals surface area contributed by atoms with E-state index in [-0.39, 0.29) is 0 Å². The van der Waals surface area contributed by atoms with E-state index in [2.05, 4.69) is 20.0 Å². The SMILES string of the molecule is CP1(C)(C)C2C3C4C5C3C1C5C42. The zero-order valence-electron chi connectivity index (χ0n) is 8.07. The topological polar surface area (TPSA) is 0 Å². The first-order chi connectivity index (χ1) is 5.52. The Balaban J connectivity index is 1.87. The Labute approximate surface area is 74.0 Å². The average molecular weight is 180 g/mol. The maximum absolute atomic E-state index is 2.71. The first-order valence-corrected chi connectivity index (χ1v) is 9.24. The fraction of sp³-hybridized carbons (Fsp3) is 1.00. The quantitative estimate of drug-likeness (QED) is 0.500. The van der Waals surface area contributed by atoms with Gasteiger partial charge in [-0.3, -0.25) is 0 Å². The molecule has 4 saturated carbocycles. The fourth-order valence-corrected chi connectivity index (χ4v) is 13.9. The molecule has 0 N–H and O–H groups in total. The van der Waals surface area contributed by atoms with Crippen molar-refractivity contribution in [2.24, 2.45) is 35.5 Å². The summed E-state index contributed by atoms with van der Waals surface area (Å²) in [5.74, 6) is 7.73. The van der Waals surface area contributed by atoms with E-state index in [0.29, 0.717) is 0 Å². The minimum absolute atomic E-state index is 1.11. The molecule has 4 unspecified atom stereocenters. The van der Waals surface area contributed by atoms with E-state index in [1.807, 2.05) is 0 Å². The monoisotopic (exact) mass is 180 g/mol. The summed E-state index contributed by atoms with van der Waals surface area (Å²) < 4.78 is 0. The van der Waals surface area contributed by atoms with Crippen molar-refractivity contribution in [2.75, 3.05) is 20.0 Å². The van der Waals surface area contributed by atoms with Crippen LogP contribution in [0.25, 0.3) is 0 Å². The summed E-state index contributed by atoms with van der Waals surface area (Å²) in [7, 11) is 0. The summed E-state index contributed by atoms with van der Waals surface area (Å²) in [6, 6.07) is 0. The van der Waals surface area contributed by atoms with E-state index in [1.165, 1.54) is 46.8 Å². The van der Waals surface area contributed by atoms with Crippen molar-refractivity contribution >= 4 is 6.60 Å². The fourth-order valence-electron chi connectivity index (χ4n) is 6.98. The Morgan fingerprint density at radius 1 is 0.583 bits per heavy atom. The third kappa shape index (κ3) is 0.254. The molecule has 0 spiro atoms. The van der Waals surface area contributed by atoms with Crippen molar-refractivity contribution in [1.82, 2.24) is 0 Å². The van der Waals surface area contributed by atoms with Crippen LogP contribution in [0.2, 0.25) is 0 Å². The molecule has 0 radical (unpaired) electrons. The van der Waals surface area contributed by atoms with Gasteiger partial charge >= 0.3 is 73.4 Å². The molecule has 2 bridgehead atoms. The van der Waals surface area contributed by atoms with Gasteiger partial charge in [0.2, 0.25) is 0 Å². The molecule has 6 fully saturated rings. The van der Waals surface area contributed by atoms with Crippen LogP contribution in [0.15, 0.2) is 0 Å². The van der Waals surface area contributed by atoms with Gasteiger partial charge in [0.1, 0.15) is 0 Å². The zero-order chi connectivity index (χ0) is 8.07. The van der Waals surface area contributed by atoms with E-state index < -0.39 is 6.60 Å². The molecule has 2 aliphatic heterocycles. The van der Waals surface area contributed by atoms with E-state index >= 15 is 0 Å². The molecular formula is C11H17P. The van der Waals surface area contributed by atoms with Crippen molar-refractivity contribution in [1.29, 1.82) is 0 Å². The van der Waals surface area contributed by atoms with Gasteiger partial charge in [-0.2, -0.15) is 0 Å². The predicted molar refractivity (Wildman–Crippen MR) is 53.2 cm³/mol. The molecule has 6 aliphatic rings. The summed E-state index contributed by atoms with van der Waals surface area (Å²) in [4.78, 5) is 0. The molecule has 0 aromatic rings. The van der Waals surface area contributed by atoms with Crippen LogP contribution in [-0.4, -0.2) is 31.3 Å². The van der Waals surface area contributed by atoms with Crippen LogP contribution in [-0.2, 0) is 0 Å². The van der Waals surface area contributed by atoms with Crippen LogP contribution in [0, 0.1) is 35.5 Å². The van der Waals surface area contributed by atoms with Crippen LogP contribution >= 0.6 is 6.60 Å². The molecule has 12 heavy (non-hydrogen) atoms. The third-order valence-electron chi connectivity index (χ3n) is 6.82. The van der Waals surface area contributed by atoms with E-state index in [0.717, 1.165) is 0 Å². The molecule has 2 heterocycles. The second-order valence-electron chi connectivity index (χ2n) is 7.49. The Morgan fingerprint density at radius 3 is 1.17 bits per heavy atom. The Morgan fingerprint density at radius 2 is 0.917 bits per heavy atom. The molecule has 0 nitrogen and oxygen atoms in total. The summed E-state index contributed by atoms with van der Waals surface area (Å²) in [5, 5.41) is 0. The second-order valence-corrected chi connectivity index (χ2v) is 14.8. The van der Waals surface area contributed by atoms with Crippen LogP contribution in [0.1, 0.15) is 0 Å². The number of hydrogen-bond donors (Lipinski definition) is 0. The number of hydrogen-bond acceptors (Lipinski definition) is 0. The third-order valence-corrected chi connectivity index (χ3v) is 12.5. The number of rotatable bonds is 0. The first-order valence-electron chi connectivity index (χ1n) is 5.52. The molecule has 0 aromatic heterocycles. The Kier molecular flexibility index (Phi) is 0.526. The standard InChI is InChI=1S/C11H17P/c1-12(2,3)10-6-4-5-8(6)11(12)9(5)7(4)10/h4-11H,1-3H3. The van der Waals surface area contributed by atoms with Gasteiger partial charge < -0.3 is 0 Å². The summed E-state index contributed by atoms with van der Waals surface area (Å²) >= 11 is 0. The first kappa shape index (κ1) is 6.02. The Hall–Kier alpha value is 0.430. The van der Waals surface area contributed by atoms with Crippen molar-refractivity contribution < 1.29 is 0 Å². The zero-order valence-corrected chi connectivity index (χ0v) is 8.96. The predicted octanol–water partition coefficient (Wildman–Crippen LogP) is 1.93. The molecule has 2 saturated heterocycles. The van der Waals surface area contributed by atoms with Gasteiger partial charge in [-0.1, -0.05) is 0 Å². The van der Waals surface area contributed by atoms with E-state index in [9.17, 15) is 0 Å². The van der Waals surface area contributed by atoms with Crippen molar-refractivity contribution in [3.63, 3.8) is 0 Å². The molecule has 0 amide bonds. The molecular weight excluding hydrogens is 163 g/mol. The molecule has 0 aromatic carbocycles. The summed E-state index contributed by atoms with van der Waals surface area (Å²) in [6.07, 6.45) is 0. The molecule has 1 heteroatoms. The summed E-state index contributed by atoms with van der Waals surface area (Å²) in [5.41, 5.74) is 2.57. The van der Waals surface area contributed by atoms with Gasteiger partial charge in [-0.25, -0.2) is 0 Å². The average Bonchev–Trinajstić information content (AvgIpc) is 2.09. The normalized spacial score (nSPS) is 89.4. The van der Waals surface area contributed by atoms with Crippen LogP contribution < -0.4 is 0 Å².